The summed E-state index contributed by atoms with van der Waals surface area (Å²) in [6.07, 6.45) is 0. The van der Waals surface area contributed by atoms with E-state index in [1.807, 2.05) is 12.1 Å². The fraction of sp³-hybridized carbons (Fsp3) is 0. The standard InChI is InChI=1S/C31H21N2S2/c1-4-12-22(13-5-1)25-20-26(23-14-6-2-7-15-23)30(27(21-25)24-16-8-3-9-17-24)33-35-31-32-28-18-10-11-19-29(28)34-31/h1-21H/i1D,2D,3D,4D,5D,6D,7D,8D,9D,12D,13D,14D,15D,16D,17D. The summed E-state index contributed by atoms with van der Waals surface area (Å²) in [6, 6.07) is -0.183. The van der Waals surface area contributed by atoms with Crippen LogP contribution < -0.4 is 4.72 Å². The summed E-state index contributed by atoms with van der Waals surface area (Å²) in [7, 11) is 0. The van der Waals surface area contributed by atoms with E-state index in [1.165, 1.54) is 23.5 Å². The van der Waals surface area contributed by atoms with E-state index in [0.717, 1.165) is 16.6 Å². The molecule has 0 amide bonds. The lowest BCUT2D eigenvalue weighted by atomic mass is 9.91. The SMILES string of the molecule is [2H]c1c([2H])c([2H])c(-c2cc(-c3c([2H])c([2H])c([2H])c([2H])c3[2H])c([N]Sc3nc4ccccc4s3)c(-c3c([2H])c([2H])c([2H])c([2H])c3[2H])c2)c([2H])c1[2H]. The van der Waals surface area contributed by atoms with Gasteiger partial charge in [-0.2, -0.15) is 0 Å². The smallest absolute Gasteiger partial charge is 0.173 e. The van der Waals surface area contributed by atoms with Crippen molar-refractivity contribution in [3.8, 4) is 33.4 Å². The van der Waals surface area contributed by atoms with Crippen molar-refractivity contribution in [2.75, 3.05) is 0 Å². The van der Waals surface area contributed by atoms with Crippen molar-refractivity contribution >= 4 is 39.2 Å². The first kappa shape index (κ1) is 10.8. The normalized spacial score (nSPS) is 17.0. The fourth-order valence-corrected chi connectivity index (χ4v) is 5.13. The van der Waals surface area contributed by atoms with E-state index in [4.69, 9.17) is 20.6 Å². The van der Waals surface area contributed by atoms with Gasteiger partial charge in [0.25, 0.3) is 0 Å². The molecular formula is C31H21N2S2. The first-order chi connectivity index (χ1) is 23.6. The molecular weight excluding hydrogens is 464 g/mol. The Bertz CT molecular complexity index is 2200. The predicted molar refractivity (Wildman–Crippen MR) is 150 cm³/mol. The molecule has 1 radical (unpaired) electrons. The fourth-order valence-electron chi connectivity index (χ4n) is 3.40. The Balaban J connectivity index is 1.78. The number of fused-ring (bicyclic) bond motifs is 1. The van der Waals surface area contributed by atoms with Crippen molar-refractivity contribution < 1.29 is 20.6 Å². The highest BCUT2D eigenvalue weighted by atomic mass is 32.2. The summed E-state index contributed by atoms with van der Waals surface area (Å²) >= 11 is 2.13. The van der Waals surface area contributed by atoms with Gasteiger partial charge < -0.3 is 0 Å². The van der Waals surface area contributed by atoms with Crippen LogP contribution in [0.2, 0.25) is 0 Å². The molecule has 1 heterocycles. The molecule has 6 rings (SSSR count). The second-order valence-corrected chi connectivity index (χ2v) is 9.09. The second-order valence-electron chi connectivity index (χ2n) is 7.05. The van der Waals surface area contributed by atoms with Crippen molar-refractivity contribution in [3.05, 3.63) is 127 Å². The van der Waals surface area contributed by atoms with Gasteiger partial charge in [0.2, 0.25) is 0 Å². The molecule has 0 aliphatic heterocycles. The van der Waals surface area contributed by atoms with Gasteiger partial charge in [-0.25, -0.2) is 9.71 Å². The molecule has 0 aliphatic rings. The zero-order valence-corrected chi connectivity index (χ0v) is 19.3. The number of aromatic nitrogens is 1. The average molecular weight is 501 g/mol. The van der Waals surface area contributed by atoms with E-state index in [-0.39, 0.29) is 39.1 Å². The maximum absolute atomic E-state index is 8.80. The molecule has 4 heteroatoms. The molecule has 0 aliphatic carbocycles. The minimum atomic E-state index is -0.691. The van der Waals surface area contributed by atoms with E-state index in [9.17, 15) is 0 Å². The first-order valence-corrected chi connectivity index (χ1v) is 11.8. The van der Waals surface area contributed by atoms with Crippen LogP contribution in [0.1, 0.15) is 20.6 Å². The van der Waals surface area contributed by atoms with Crippen molar-refractivity contribution in [1.82, 2.24) is 9.71 Å². The Morgan fingerprint density at radius 1 is 0.657 bits per heavy atom. The Labute approximate surface area is 234 Å². The Kier molecular flexibility index (Phi) is 3.02. The monoisotopic (exact) mass is 500 g/mol. The third kappa shape index (κ3) is 4.59. The molecule has 1 aromatic heterocycles. The minimum absolute atomic E-state index is 0.116. The molecule has 0 spiro atoms. The van der Waals surface area contributed by atoms with Gasteiger partial charge in [0, 0.05) is 23.1 Å². The minimum Gasteiger partial charge on any atom is -0.228 e. The molecule has 6 aromatic rings. The molecule has 0 saturated carbocycles. The molecule has 0 unspecified atom stereocenters. The van der Waals surface area contributed by atoms with E-state index >= 15 is 0 Å². The van der Waals surface area contributed by atoms with Gasteiger partial charge >= 0.3 is 0 Å². The predicted octanol–water partition coefficient (Wildman–Crippen LogP) is 9.24. The molecule has 0 atom stereocenters. The number of benzene rings is 5. The van der Waals surface area contributed by atoms with Crippen LogP contribution in [0.15, 0.2) is 131 Å². The highest BCUT2D eigenvalue weighted by Crippen LogP contribution is 2.43. The Morgan fingerprint density at radius 3 is 1.77 bits per heavy atom. The van der Waals surface area contributed by atoms with Crippen LogP contribution in [-0.4, -0.2) is 4.98 Å². The third-order valence-corrected chi connectivity index (χ3v) is 6.75. The highest BCUT2D eigenvalue weighted by Gasteiger charge is 2.18. The van der Waals surface area contributed by atoms with Gasteiger partial charge in [0.15, 0.2) is 4.34 Å². The van der Waals surface area contributed by atoms with Crippen LogP contribution in [0.4, 0.5) is 5.69 Å². The Hall–Kier alpha value is -3.86. The number of hydrogen-bond acceptors (Lipinski definition) is 3. The van der Waals surface area contributed by atoms with Gasteiger partial charge in [-0.1, -0.05) is 103 Å². The summed E-state index contributed by atoms with van der Waals surface area (Å²) in [4.78, 5) is 4.56. The molecule has 0 fully saturated rings. The summed E-state index contributed by atoms with van der Waals surface area (Å²) in [5, 5.41) is 0. The van der Waals surface area contributed by atoms with Crippen LogP contribution >= 0.6 is 23.3 Å². The zero-order chi connectivity index (χ0) is 36.5. The van der Waals surface area contributed by atoms with Gasteiger partial charge in [0.05, 0.1) is 36.5 Å². The molecule has 2 nitrogen and oxygen atoms in total. The van der Waals surface area contributed by atoms with Gasteiger partial charge in [-0.3, -0.25) is 0 Å². The van der Waals surface area contributed by atoms with E-state index in [0.29, 0.717) is 9.86 Å². The molecule has 35 heavy (non-hydrogen) atoms. The van der Waals surface area contributed by atoms with E-state index in [1.54, 1.807) is 12.1 Å². The summed E-state index contributed by atoms with van der Waals surface area (Å²) in [5.74, 6) is 0. The molecule has 0 bridgehead atoms. The molecule has 5 aromatic carbocycles. The second kappa shape index (κ2) is 9.79. The molecule has 0 saturated heterocycles. The number of rotatable bonds is 6. The average Bonchev–Trinajstić information content (AvgIpc) is 3.52. The lowest BCUT2D eigenvalue weighted by Crippen LogP contribution is -1.95. The highest BCUT2D eigenvalue weighted by molar-refractivity contribution is 7.99. The molecule has 167 valence electrons. The van der Waals surface area contributed by atoms with Gasteiger partial charge in [0.1, 0.15) is 0 Å². The van der Waals surface area contributed by atoms with Crippen LogP contribution in [0, 0.1) is 0 Å². The van der Waals surface area contributed by atoms with Crippen LogP contribution in [0.3, 0.4) is 0 Å². The van der Waals surface area contributed by atoms with Crippen molar-refractivity contribution in [2.24, 2.45) is 0 Å². The molecule has 0 N–H and O–H groups in total. The number of nitrogens with zero attached hydrogens (tertiary/aromatic N) is 2. The van der Waals surface area contributed by atoms with Crippen molar-refractivity contribution in [3.63, 3.8) is 0 Å². The Morgan fingerprint density at radius 2 is 1.20 bits per heavy atom. The summed E-state index contributed by atoms with van der Waals surface area (Å²) < 4.78 is 133. The van der Waals surface area contributed by atoms with Gasteiger partial charge in [-0.15, -0.1) is 11.3 Å². The van der Waals surface area contributed by atoms with E-state index in [2.05, 4.69) is 9.71 Å². The van der Waals surface area contributed by atoms with Crippen LogP contribution in [0.5, 0.6) is 0 Å². The number of thiazole rings is 1. The number of para-hydroxylation sites is 1. The topological polar surface area (TPSA) is 27.0 Å². The lowest BCUT2D eigenvalue weighted by Gasteiger charge is -2.17. The number of hydrogen-bond donors (Lipinski definition) is 0. The maximum atomic E-state index is 8.80. The summed E-state index contributed by atoms with van der Waals surface area (Å²) in [5.41, 5.74) is -1.04. The zero-order valence-electron chi connectivity index (χ0n) is 32.7. The largest absolute Gasteiger partial charge is 0.228 e. The first-order valence-electron chi connectivity index (χ1n) is 17.7. The van der Waals surface area contributed by atoms with Crippen molar-refractivity contribution in [2.45, 2.75) is 4.34 Å². The quantitative estimate of drug-likeness (QED) is 0.213. The van der Waals surface area contributed by atoms with Gasteiger partial charge in [-0.05, 0) is 46.5 Å². The maximum Gasteiger partial charge on any atom is 0.173 e. The summed E-state index contributed by atoms with van der Waals surface area (Å²) in [6.45, 7) is 0. The van der Waals surface area contributed by atoms with Crippen LogP contribution in [-0.2, 0) is 0 Å². The van der Waals surface area contributed by atoms with E-state index < -0.39 is 90.6 Å². The van der Waals surface area contributed by atoms with Crippen molar-refractivity contribution in [1.29, 1.82) is 0 Å². The third-order valence-electron chi connectivity index (χ3n) is 4.93. The van der Waals surface area contributed by atoms with Crippen LogP contribution in [0.25, 0.3) is 43.6 Å². The lowest BCUT2D eigenvalue weighted by molar-refractivity contribution is 1.27.